The van der Waals surface area contributed by atoms with E-state index in [0.717, 1.165) is 6.07 Å². The van der Waals surface area contributed by atoms with E-state index < -0.39 is 12.5 Å². The van der Waals surface area contributed by atoms with Crippen LogP contribution in [0.15, 0.2) is 12.1 Å². The van der Waals surface area contributed by atoms with E-state index in [0.29, 0.717) is 11.8 Å². The number of alkyl halides is 1. The summed E-state index contributed by atoms with van der Waals surface area (Å²) in [5, 5.41) is 0. The topological polar surface area (TPSA) is 17.1 Å². The van der Waals surface area contributed by atoms with Gasteiger partial charge < -0.3 is 0 Å². The first-order valence-corrected chi connectivity index (χ1v) is 3.49. The molecule has 3 heteroatoms. The Kier molecular flexibility index (Phi) is 2.53. The molecule has 1 nitrogen and oxygen atoms in total. The standard InChI is InChI=1S/C9H8F2O/c1-6-2-7(5-12)3-9(11)8(6)4-10/h2-3,5H,4H2,1H3. The van der Waals surface area contributed by atoms with Crippen molar-refractivity contribution in [2.45, 2.75) is 13.6 Å². The van der Waals surface area contributed by atoms with Crippen LogP contribution in [0.3, 0.4) is 0 Å². The Morgan fingerprint density at radius 1 is 1.50 bits per heavy atom. The monoisotopic (exact) mass is 170 g/mol. The van der Waals surface area contributed by atoms with Gasteiger partial charge in [-0.25, -0.2) is 8.78 Å². The molecule has 0 N–H and O–H groups in total. The molecular weight excluding hydrogens is 162 g/mol. The third kappa shape index (κ3) is 1.49. The first-order valence-electron chi connectivity index (χ1n) is 3.49. The number of benzene rings is 1. The number of rotatable bonds is 2. The van der Waals surface area contributed by atoms with Gasteiger partial charge in [-0.1, -0.05) is 0 Å². The van der Waals surface area contributed by atoms with Gasteiger partial charge in [0, 0.05) is 11.1 Å². The van der Waals surface area contributed by atoms with Crippen LogP contribution in [0.4, 0.5) is 8.78 Å². The predicted octanol–water partition coefficient (Wildman–Crippen LogP) is 2.42. The van der Waals surface area contributed by atoms with Crippen molar-refractivity contribution in [3.8, 4) is 0 Å². The molecule has 1 aromatic carbocycles. The SMILES string of the molecule is Cc1cc(C=O)cc(F)c1CF. The highest BCUT2D eigenvalue weighted by Gasteiger charge is 2.06. The maximum atomic E-state index is 12.9. The Morgan fingerprint density at radius 3 is 2.58 bits per heavy atom. The second-order valence-electron chi connectivity index (χ2n) is 2.55. The van der Waals surface area contributed by atoms with Crippen LogP contribution < -0.4 is 0 Å². The highest BCUT2D eigenvalue weighted by molar-refractivity contribution is 5.75. The van der Waals surface area contributed by atoms with Crippen LogP contribution in [0.1, 0.15) is 21.5 Å². The molecule has 12 heavy (non-hydrogen) atoms. The van der Waals surface area contributed by atoms with Crippen molar-refractivity contribution in [3.63, 3.8) is 0 Å². The highest BCUT2D eigenvalue weighted by Crippen LogP contribution is 2.15. The lowest BCUT2D eigenvalue weighted by molar-refractivity contribution is 0.112. The number of aldehydes is 1. The zero-order valence-electron chi connectivity index (χ0n) is 6.60. The van der Waals surface area contributed by atoms with Gasteiger partial charge in [-0.15, -0.1) is 0 Å². The average molecular weight is 170 g/mol. The molecule has 0 saturated carbocycles. The zero-order valence-corrected chi connectivity index (χ0v) is 6.60. The number of hydrogen-bond donors (Lipinski definition) is 0. The van der Waals surface area contributed by atoms with Gasteiger partial charge in [0.2, 0.25) is 0 Å². The minimum absolute atomic E-state index is 0.0283. The fourth-order valence-corrected chi connectivity index (χ4v) is 1.04. The quantitative estimate of drug-likeness (QED) is 0.623. The van der Waals surface area contributed by atoms with Gasteiger partial charge in [-0.3, -0.25) is 4.79 Å². The molecule has 0 atom stereocenters. The summed E-state index contributed by atoms with van der Waals surface area (Å²) >= 11 is 0. The van der Waals surface area contributed by atoms with Crippen LogP contribution in [0.25, 0.3) is 0 Å². The molecule has 0 heterocycles. The molecule has 0 radical (unpaired) electrons. The second-order valence-corrected chi connectivity index (χ2v) is 2.55. The largest absolute Gasteiger partial charge is 0.298 e. The van der Waals surface area contributed by atoms with E-state index in [1.165, 1.54) is 6.07 Å². The number of carbonyl (C=O) groups is 1. The molecule has 0 amide bonds. The molecule has 0 spiro atoms. The Labute approximate surface area is 69.0 Å². The fraction of sp³-hybridized carbons (Fsp3) is 0.222. The molecule has 0 bridgehead atoms. The number of halogens is 2. The summed E-state index contributed by atoms with van der Waals surface area (Å²) < 4.78 is 25.1. The van der Waals surface area contributed by atoms with E-state index in [2.05, 4.69) is 0 Å². The average Bonchev–Trinajstić information content (AvgIpc) is 2.03. The fourth-order valence-electron chi connectivity index (χ4n) is 1.04. The van der Waals surface area contributed by atoms with E-state index in [9.17, 15) is 13.6 Å². The number of hydrogen-bond acceptors (Lipinski definition) is 1. The lowest BCUT2D eigenvalue weighted by Crippen LogP contribution is -1.94. The Hall–Kier alpha value is -1.25. The van der Waals surface area contributed by atoms with E-state index in [4.69, 9.17) is 0 Å². The Balaban J connectivity index is 3.27. The third-order valence-corrected chi connectivity index (χ3v) is 1.71. The van der Waals surface area contributed by atoms with Crippen LogP contribution in [-0.2, 0) is 6.67 Å². The van der Waals surface area contributed by atoms with Crippen LogP contribution in [0.2, 0.25) is 0 Å². The van der Waals surface area contributed by atoms with Crippen molar-refractivity contribution in [2.75, 3.05) is 0 Å². The second kappa shape index (κ2) is 3.43. The summed E-state index contributed by atoms with van der Waals surface area (Å²) in [5.74, 6) is -0.653. The summed E-state index contributed by atoms with van der Waals surface area (Å²) in [6.07, 6.45) is 0.540. The molecule has 0 aromatic heterocycles. The van der Waals surface area contributed by atoms with Crippen LogP contribution >= 0.6 is 0 Å². The zero-order chi connectivity index (χ0) is 9.14. The molecule has 1 rings (SSSR count). The van der Waals surface area contributed by atoms with E-state index >= 15 is 0 Å². The lowest BCUT2D eigenvalue weighted by Gasteiger charge is -2.02. The summed E-state index contributed by atoms with van der Waals surface area (Å²) in [7, 11) is 0. The molecule has 0 aliphatic heterocycles. The molecule has 0 unspecified atom stereocenters. The van der Waals surface area contributed by atoms with Gasteiger partial charge in [0.05, 0.1) is 0 Å². The van der Waals surface area contributed by atoms with Crippen LogP contribution in [-0.4, -0.2) is 6.29 Å². The number of carbonyl (C=O) groups excluding carboxylic acids is 1. The predicted molar refractivity (Wildman–Crippen MR) is 41.3 cm³/mol. The van der Waals surface area contributed by atoms with E-state index in [1.807, 2.05) is 0 Å². The van der Waals surface area contributed by atoms with Crippen LogP contribution in [0, 0.1) is 12.7 Å². The first kappa shape index (κ1) is 8.84. The van der Waals surface area contributed by atoms with Crippen molar-refractivity contribution in [1.82, 2.24) is 0 Å². The van der Waals surface area contributed by atoms with Gasteiger partial charge in [-0.05, 0) is 24.6 Å². The van der Waals surface area contributed by atoms with Crippen molar-refractivity contribution >= 4 is 6.29 Å². The molecule has 0 aliphatic carbocycles. The van der Waals surface area contributed by atoms with Gasteiger partial charge in [-0.2, -0.15) is 0 Å². The number of aryl methyl sites for hydroxylation is 1. The Bertz CT molecular complexity index is 284. The molecule has 0 fully saturated rings. The molecule has 0 aliphatic rings. The smallest absolute Gasteiger partial charge is 0.150 e. The minimum Gasteiger partial charge on any atom is -0.298 e. The maximum absolute atomic E-state index is 12.9. The minimum atomic E-state index is -0.837. The van der Waals surface area contributed by atoms with Crippen molar-refractivity contribution in [2.24, 2.45) is 0 Å². The van der Waals surface area contributed by atoms with Crippen molar-refractivity contribution < 1.29 is 13.6 Å². The maximum Gasteiger partial charge on any atom is 0.150 e. The van der Waals surface area contributed by atoms with Gasteiger partial charge >= 0.3 is 0 Å². The summed E-state index contributed by atoms with van der Waals surface area (Å²) in [5.41, 5.74) is 0.738. The van der Waals surface area contributed by atoms with Gasteiger partial charge in [0.1, 0.15) is 18.8 Å². The summed E-state index contributed by atoms with van der Waals surface area (Å²) in [6, 6.07) is 2.50. The van der Waals surface area contributed by atoms with Gasteiger partial charge in [0.15, 0.2) is 0 Å². The van der Waals surface area contributed by atoms with Crippen LogP contribution in [0.5, 0.6) is 0 Å². The lowest BCUT2D eigenvalue weighted by atomic mass is 10.1. The van der Waals surface area contributed by atoms with E-state index in [1.54, 1.807) is 6.92 Å². The van der Waals surface area contributed by atoms with Crippen molar-refractivity contribution in [1.29, 1.82) is 0 Å². The highest BCUT2D eigenvalue weighted by atomic mass is 19.1. The normalized spacial score (nSPS) is 9.92. The first-order chi connectivity index (χ1) is 5.69. The third-order valence-electron chi connectivity index (χ3n) is 1.71. The molecular formula is C9H8F2O. The Morgan fingerprint density at radius 2 is 2.17 bits per heavy atom. The van der Waals surface area contributed by atoms with E-state index in [-0.39, 0.29) is 11.1 Å². The van der Waals surface area contributed by atoms with Crippen molar-refractivity contribution in [3.05, 3.63) is 34.6 Å². The van der Waals surface area contributed by atoms with Gasteiger partial charge in [0.25, 0.3) is 0 Å². The summed E-state index contributed by atoms with van der Waals surface area (Å²) in [4.78, 5) is 10.3. The molecule has 64 valence electrons. The molecule has 1 aromatic rings. The summed E-state index contributed by atoms with van der Waals surface area (Å²) in [6.45, 7) is 0.738. The molecule has 0 saturated heterocycles.